The van der Waals surface area contributed by atoms with Crippen LogP contribution in [0, 0.1) is 5.82 Å². The maximum atomic E-state index is 12.8. The highest BCUT2D eigenvalue weighted by atomic mass is 19.1. The van der Waals surface area contributed by atoms with Crippen LogP contribution in [0.4, 0.5) is 20.6 Å². The van der Waals surface area contributed by atoms with Crippen LogP contribution in [0.3, 0.4) is 0 Å². The summed E-state index contributed by atoms with van der Waals surface area (Å²) in [6, 6.07) is 11.8. The summed E-state index contributed by atoms with van der Waals surface area (Å²) in [7, 11) is 0. The molecule has 26 heavy (non-hydrogen) atoms. The fraction of sp³-hybridized carbons (Fsp3) is 0.167. The molecule has 0 aliphatic carbocycles. The maximum Gasteiger partial charge on any atom is 0.315 e. The van der Waals surface area contributed by atoms with E-state index < -0.39 is 11.9 Å². The molecule has 0 radical (unpaired) electrons. The molecule has 0 saturated heterocycles. The van der Waals surface area contributed by atoms with Gasteiger partial charge in [0, 0.05) is 24.8 Å². The van der Waals surface area contributed by atoms with Crippen molar-refractivity contribution in [2.45, 2.75) is 13.5 Å². The first-order chi connectivity index (χ1) is 12.4. The molecule has 0 aromatic heterocycles. The second kappa shape index (κ2) is 9.16. The summed E-state index contributed by atoms with van der Waals surface area (Å²) in [5.41, 5.74) is 1.90. The minimum Gasteiger partial charge on any atom is -0.334 e. The summed E-state index contributed by atoms with van der Waals surface area (Å²) in [6.45, 7) is 1.42. The van der Waals surface area contributed by atoms with Gasteiger partial charge in [-0.25, -0.2) is 9.18 Å². The third-order valence-electron chi connectivity index (χ3n) is 3.26. The lowest BCUT2D eigenvalue weighted by Gasteiger charge is -2.09. The van der Waals surface area contributed by atoms with Crippen LogP contribution in [0.25, 0.3) is 0 Å². The highest BCUT2D eigenvalue weighted by Gasteiger charge is 2.06. The van der Waals surface area contributed by atoms with Crippen molar-refractivity contribution in [3.63, 3.8) is 0 Å². The van der Waals surface area contributed by atoms with Crippen molar-refractivity contribution in [3.8, 4) is 0 Å². The predicted octanol–water partition coefficient (Wildman–Crippen LogP) is 2.22. The van der Waals surface area contributed by atoms with Gasteiger partial charge in [-0.2, -0.15) is 0 Å². The van der Waals surface area contributed by atoms with Crippen LogP contribution in [-0.2, 0) is 16.1 Å². The zero-order valence-corrected chi connectivity index (χ0v) is 14.1. The van der Waals surface area contributed by atoms with E-state index in [9.17, 15) is 18.8 Å². The van der Waals surface area contributed by atoms with Crippen LogP contribution in [0.15, 0.2) is 48.5 Å². The Hall–Kier alpha value is -3.42. The first kappa shape index (κ1) is 18.9. The smallest absolute Gasteiger partial charge is 0.315 e. The molecular formula is C18H19FN4O3. The Morgan fingerprint density at radius 1 is 0.846 bits per heavy atom. The minimum atomic E-state index is -0.509. The number of amides is 4. The van der Waals surface area contributed by atoms with E-state index in [4.69, 9.17) is 0 Å². The van der Waals surface area contributed by atoms with Crippen molar-refractivity contribution in [3.05, 3.63) is 59.9 Å². The Morgan fingerprint density at radius 2 is 1.42 bits per heavy atom. The number of hydrogen-bond donors (Lipinski definition) is 4. The fourth-order valence-corrected chi connectivity index (χ4v) is 2.05. The molecule has 4 N–H and O–H groups in total. The Kier molecular flexibility index (Phi) is 6.67. The lowest BCUT2D eigenvalue weighted by atomic mass is 10.2. The Morgan fingerprint density at radius 3 is 2.00 bits per heavy atom. The lowest BCUT2D eigenvalue weighted by Crippen LogP contribution is -2.39. The molecule has 0 aliphatic heterocycles. The molecule has 136 valence electrons. The number of anilines is 2. The Balaban J connectivity index is 1.71. The zero-order chi connectivity index (χ0) is 18.9. The standard InChI is InChI=1S/C18H19FN4O3/c1-12(24)22-15-6-8-16(9-7-15)23-17(25)11-21-18(26)20-10-13-2-4-14(19)5-3-13/h2-9H,10-11H2,1H3,(H,22,24)(H,23,25)(H2,20,21,26). The molecule has 0 fully saturated rings. The molecule has 0 aliphatic rings. The number of rotatable bonds is 6. The first-order valence-electron chi connectivity index (χ1n) is 7.86. The second-order valence-electron chi connectivity index (χ2n) is 5.47. The fourth-order valence-electron chi connectivity index (χ4n) is 2.05. The number of hydrogen-bond acceptors (Lipinski definition) is 3. The monoisotopic (exact) mass is 358 g/mol. The third kappa shape index (κ3) is 6.60. The van der Waals surface area contributed by atoms with Crippen molar-refractivity contribution in [1.82, 2.24) is 10.6 Å². The SMILES string of the molecule is CC(=O)Nc1ccc(NC(=O)CNC(=O)NCc2ccc(F)cc2)cc1. The van der Waals surface area contributed by atoms with E-state index in [1.807, 2.05) is 0 Å². The number of carbonyl (C=O) groups excluding carboxylic acids is 3. The number of benzene rings is 2. The van der Waals surface area contributed by atoms with Gasteiger partial charge in [0.25, 0.3) is 0 Å². The molecular weight excluding hydrogens is 339 g/mol. The molecule has 2 aromatic rings. The average Bonchev–Trinajstić information content (AvgIpc) is 2.61. The van der Waals surface area contributed by atoms with Gasteiger partial charge in [0.05, 0.1) is 6.54 Å². The topological polar surface area (TPSA) is 99.3 Å². The van der Waals surface area contributed by atoms with E-state index in [0.29, 0.717) is 11.4 Å². The summed E-state index contributed by atoms with van der Waals surface area (Å²) in [5.74, 6) is -0.924. The van der Waals surface area contributed by atoms with E-state index in [2.05, 4.69) is 21.3 Å². The Labute approximate surface area is 150 Å². The molecule has 8 heteroatoms. The summed E-state index contributed by atoms with van der Waals surface area (Å²) in [5, 5.41) is 10.2. The molecule has 0 saturated carbocycles. The van der Waals surface area contributed by atoms with Crippen LogP contribution in [0.1, 0.15) is 12.5 Å². The van der Waals surface area contributed by atoms with E-state index in [1.54, 1.807) is 36.4 Å². The number of nitrogens with one attached hydrogen (secondary N) is 4. The van der Waals surface area contributed by atoms with Crippen molar-refractivity contribution in [2.75, 3.05) is 17.2 Å². The molecule has 2 rings (SSSR count). The highest BCUT2D eigenvalue weighted by Crippen LogP contribution is 2.13. The second-order valence-corrected chi connectivity index (χ2v) is 5.47. The number of halogens is 1. The lowest BCUT2D eigenvalue weighted by molar-refractivity contribution is -0.115. The molecule has 0 unspecified atom stereocenters. The van der Waals surface area contributed by atoms with Gasteiger partial charge in [0.1, 0.15) is 5.82 Å². The number of carbonyl (C=O) groups is 3. The van der Waals surface area contributed by atoms with Gasteiger partial charge in [-0.15, -0.1) is 0 Å². The average molecular weight is 358 g/mol. The summed E-state index contributed by atoms with van der Waals surface area (Å²) in [6.07, 6.45) is 0. The van der Waals surface area contributed by atoms with Crippen molar-refractivity contribution >= 4 is 29.2 Å². The van der Waals surface area contributed by atoms with Crippen molar-refractivity contribution in [1.29, 1.82) is 0 Å². The van der Waals surface area contributed by atoms with Crippen LogP contribution >= 0.6 is 0 Å². The molecule has 2 aromatic carbocycles. The van der Waals surface area contributed by atoms with Gasteiger partial charge < -0.3 is 21.3 Å². The molecule has 0 atom stereocenters. The van der Waals surface area contributed by atoms with Crippen LogP contribution in [-0.4, -0.2) is 24.4 Å². The van der Waals surface area contributed by atoms with E-state index in [1.165, 1.54) is 19.1 Å². The molecule has 7 nitrogen and oxygen atoms in total. The maximum absolute atomic E-state index is 12.8. The van der Waals surface area contributed by atoms with Crippen LogP contribution < -0.4 is 21.3 Å². The quantitative estimate of drug-likeness (QED) is 0.637. The Bertz CT molecular complexity index is 776. The van der Waals surface area contributed by atoms with Gasteiger partial charge in [0.15, 0.2) is 0 Å². The van der Waals surface area contributed by atoms with Gasteiger partial charge in [-0.05, 0) is 42.0 Å². The van der Waals surface area contributed by atoms with Crippen LogP contribution in [0.5, 0.6) is 0 Å². The predicted molar refractivity (Wildman–Crippen MR) is 96.0 cm³/mol. The molecule has 0 spiro atoms. The van der Waals surface area contributed by atoms with Crippen molar-refractivity contribution in [2.24, 2.45) is 0 Å². The number of urea groups is 1. The van der Waals surface area contributed by atoms with Crippen LogP contribution in [0.2, 0.25) is 0 Å². The minimum absolute atomic E-state index is 0.183. The van der Waals surface area contributed by atoms with E-state index in [-0.39, 0.29) is 24.8 Å². The van der Waals surface area contributed by atoms with Gasteiger partial charge in [0.2, 0.25) is 11.8 Å². The van der Waals surface area contributed by atoms with E-state index >= 15 is 0 Å². The molecule has 0 bridgehead atoms. The van der Waals surface area contributed by atoms with E-state index in [0.717, 1.165) is 5.56 Å². The zero-order valence-electron chi connectivity index (χ0n) is 14.1. The third-order valence-corrected chi connectivity index (χ3v) is 3.26. The van der Waals surface area contributed by atoms with Gasteiger partial charge >= 0.3 is 6.03 Å². The largest absolute Gasteiger partial charge is 0.334 e. The summed E-state index contributed by atoms with van der Waals surface area (Å²) >= 11 is 0. The summed E-state index contributed by atoms with van der Waals surface area (Å²) in [4.78, 5) is 34.4. The summed E-state index contributed by atoms with van der Waals surface area (Å²) < 4.78 is 12.8. The highest BCUT2D eigenvalue weighted by molar-refractivity contribution is 5.95. The first-order valence-corrected chi connectivity index (χ1v) is 7.86. The molecule has 0 heterocycles. The van der Waals surface area contributed by atoms with Gasteiger partial charge in [-0.3, -0.25) is 9.59 Å². The normalized spacial score (nSPS) is 9.92. The molecule has 4 amide bonds. The van der Waals surface area contributed by atoms with Crippen molar-refractivity contribution < 1.29 is 18.8 Å². The van der Waals surface area contributed by atoms with Gasteiger partial charge in [-0.1, -0.05) is 12.1 Å².